The number of hydrogen-bond acceptors (Lipinski definition) is 3. The third kappa shape index (κ3) is 7.31. The average molecular weight is 414 g/mol. The van der Waals surface area contributed by atoms with E-state index in [-0.39, 0.29) is 5.91 Å². The van der Waals surface area contributed by atoms with Crippen molar-refractivity contribution in [1.29, 1.82) is 0 Å². The predicted octanol–water partition coefficient (Wildman–Crippen LogP) is 3.13. The molecule has 1 aromatic rings. The molecule has 2 N–H and O–H groups in total. The zero-order chi connectivity index (χ0) is 21.0. The highest BCUT2D eigenvalue weighted by molar-refractivity contribution is 5.79. The normalized spacial score (nSPS) is 18.5. The van der Waals surface area contributed by atoms with Gasteiger partial charge in [-0.3, -0.25) is 4.79 Å². The second kappa shape index (κ2) is 12.6. The third-order valence-electron chi connectivity index (χ3n) is 6.04. The number of carbonyl (C=O) groups is 1. The summed E-state index contributed by atoms with van der Waals surface area (Å²) in [5.74, 6) is 1.15. The molecule has 1 amide bonds. The van der Waals surface area contributed by atoms with E-state index in [0.717, 1.165) is 38.4 Å². The minimum Gasteiger partial charge on any atom is -0.357 e. The first kappa shape index (κ1) is 22.6. The SMILES string of the molecule is CCNC(=NCc1ccccc1CN1CCCC1=O)NCCCN1CCCCCC1. The van der Waals surface area contributed by atoms with Crippen LogP contribution in [-0.2, 0) is 17.9 Å². The Balaban J connectivity index is 1.49. The van der Waals surface area contributed by atoms with Gasteiger partial charge >= 0.3 is 0 Å². The molecule has 1 aromatic carbocycles. The standard InChI is InChI=1S/C24H39N5O/c1-2-25-24(26-14-10-17-28-15-7-3-4-8-16-28)27-19-21-11-5-6-12-22(21)20-29-18-9-13-23(29)30/h5-6,11-12H,2-4,7-10,13-20H2,1H3,(H2,25,26,27). The molecule has 2 heterocycles. The van der Waals surface area contributed by atoms with Crippen molar-refractivity contribution in [3.8, 4) is 0 Å². The molecule has 0 saturated carbocycles. The minimum atomic E-state index is 0.271. The van der Waals surface area contributed by atoms with Gasteiger partial charge in [0, 0.05) is 32.6 Å². The van der Waals surface area contributed by atoms with E-state index in [1.165, 1.54) is 56.4 Å². The van der Waals surface area contributed by atoms with Gasteiger partial charge in [-0.2, -0.15) is 0 Å². The molecular weight excluding hydrogens is 374 g/mol. The fraction of sp³-hybridized carbons (Fsp3) is 0.667. The largest absolute Gasteiger partial charge is 0.357 e. The Labute approximate surface area is 182 Å². The number of amides is 1. The molecule has 0 unspecified atom stereocenters. The topological polar surface area (TPSA) is 60.0 Å². The fourth-order valence-electron chi connectivity index (χ4n) is 4.32. The number of nitrogens with one attached hydrogen (secondary N) is 2. The summed E-state index contributed by atoms with van der Waals surface area (Å²) in [6.07, 6.45) is 8.27. The van der Waals surface area contributed by atoms with E-state index in [0.29, 0.717) is 19.5 Å². The van der Waals surface area contributed by atoms with E-state index in [4.69, 9.17) is 4.99 Å². The van der Waals surface area contributed by atoms with Crippen LogP contribution in [-0.4, -0.2) is 60.9 Å². The molecule has 0 aliphatic carbocycles. The van der Waals surface area contributed by atoms with Gasteiger partial charge in [-0.1, -0.05) is 37.1 Å². The van der Waals surface area contributed by atoms with Crippen LogP contribution in [0.4, 0.5) is 0 Å². The van der Waals surface area contributed by atoms with Gasteiger partial charge in [0.25, 0.3) is 0 Å². The van der Waals surface area contributed by atoms with Gasteiger partial charge in [0.2, 0.25) is 5.91 Å². The van der Waals surface area contributed by atoms with E-state index in [1.54, 1.807) is 0 Å². The molecule has 2 fully saturated rings. The number of rotatable bonds is 9. The monoisotopic (exact) mass is 413 g/mol. The van der Waals surface area contributed by atoms with Crippen LogP contribution >= 0.6 is 0 Å². The summed E-state index contributed by atoms with van der Waals surface area (Å²) in [7, 11) is 0. The highest BCUT2D eigenvalue weighted by Gasteiger charge is 2.20. The van der Waals surface area contributed by atoms with Gasteiger partial charge < -0.3 is 20.4 Å². The lowest BCUT2D eigenvalue weighted by molar-refractivity contribution is -0.128. The van der Waals surface area contributed by atoms with Crippen LogP contribution in [0.3, 0.4) is 0 Å². The quantitative estimate of drug-likeness (QED) is 0.371. The maximum atomic E-state index is 12.0. The summed E-state index contributed by atoms with van der Waals surface area (Å²) in [4.78, 5) is 21.4. The van der Waals surface area contributed by atoms with Crippen molar-refractivity contribution in [2.24, 2.45) is 4.99 Å². The molecule has 3 rings (SSSR count). The molecule has 0 spiro atoms. The van der Waals surface area contributed by atoms with Gasteiger partial charge in [0.1, 0.15) is 0 Å². The predicted molar refractivity (Wildman–Crippen MR) is 123 cm³/mol. The maximum Gasteiger partial charge on any atom is 0.222 e. The average Bonchev–Trinajstić information content (AvgIpc) is 3.00. The lowest BCUT2D eigenvalue weighted by atomic mass is 10.1. The molecule has 0 radical (unpaired) electrons. The van der Waals surface area contributed by atoms with E-state index in [1.807, 2.05) is 4.90 Å². The molecule has 30 heavy (non-hydrogen) atoms. The number of aliphatic imine (C=N–C) groups is 1. The Bertz CT molecular complexity index is 682. The zero-order valence-corrected chi connectivity index (χ0v) is 18.7. The van der Waals surface area contributed by atoms with Crippen molar-refractivity contribution in [2.75, 3.05) is 39.3 Å². The van der Waals surface area contributed by atoms with E-state index >= 15 is 0 Å². The molecule has 6 heteroatoms. The molecule has 2 saturated heterocycles. The summed E-state index contributed by atoms with van der Waals surface area (Å²) in [6.45, 7) is 9.76. The number of likely N-dealkylation sites (tertiary alicyclic amines) is 2. The number of benzene rings is 1. The second-order valence-electron chi connectivity index (χ2n) is 8.42. The van der Waals surface area contributed by atoms with Crippen molar-refractivity contribution in [3.63, 3.8) is 0 Å². The number of nitrogens with zero attached hydrogens (tertiary/aromatic N) is 3. The molecule has 0 aromatic heterocycles. The highest BCUT2D eigenvalue weighted by Crippen LogP contribution is 2.18. The van der Waals surface area contributed by atoms with E-state index in [9.17, 15) is 4.79 Å². The summed E-state index contributed by atoms with van der Waals surface area (Å²) in [6, 6.07) is 8.36. The zero-order valence-electron chi connectivity index (χ0n) is 18.7. The van der Waals surface area contributed by atoms with E-state index in [2.05, 4.69) is 46.7 Å². The number of carbonyl (C=O) groups excluding carboxylic acids is 1. The number of hydrogen-bond donors (Lipinski definition) is 2. The molecule has 2 aliphatic rings. The fourth-order valence-corrected chi connectivity index (χ4v) is 4.32. The first-order chi connectivity index (χ1) is 14.8. The lowest BCUT2D eigenvalue weighted by Gasteiger charge is -2.20. The summed E-state index contributed by atoms with van der Waals surface area (Å²) < 4.78 is 0. The Morgan fingerprint density at radius 3 is 2.47 bits per heavy atom. The van der Waals surface area contributed by atoms with Crippen molar-refractivity contribution in [1.82, 2.24) is 20.4 Å². The van der Waals surface area contributed by atoms with Crippen molar-refractivity contribution >= 4 is 11.9 Å². The van der Waals surface area contributed by atoms with Gasteiger partial charge in [-0.05, 0) is 63.4 Å². The van der Waals surface area contributed by atoms with Crippen LogP contribution in [0.1, 0.15) is 63.0 Å². The van der Waals surface area contributed by atoms with Gasteiger partial charge in [-0.25, -0.2) is 4.99 Å². The Morgan fingerprint density at radius 1 is 1.00 bits per heavy atom. The van der Waals surface area contributed by atoms with Crippen LogP contribution < -0.4 is 10.6 Å². The Kier molecular flexibility index (Phi) is 9.48. The van der Waals surface area contributed by atoms with E-state index < -0.39 is 0 Å². The second-order valence-corrected chi connectivity index (χ2v) is 8.42. The van der Waals surface area contributed by atoms with Gasteiger partial charge in [-0.15, -0.1) is 0 Å². The van der Waals surface area contributed by atoms with Crippen molar-refractivity contribution in [2.45, 2.75) is 65.0 Å². The first-order valence-corrected chi connectivity index (χ1v) is 11.9. The van der Waals surface area contributed by atoms with Crippen LogP contribution in [0, 0.1) is 0 Å². The van der Waals surface area contributed by atoms with Gasteiger partial charge in [0.15, 0.2) is 5.96 Å². The molecule has 6 nitrogen and oxygen atoms in total. The third-order valence-corrected chi connectivity index (χ3v) is 6.04. The molecule has 0 atom stereocenters. The van der Waals surface area contributed by atoms with Crippen molar-refractivity contribution in [3.05, 3.63) is 35.4 Å². The summed E-state index contributed by atoms with van der Waals surface area (Å²) >= 11 is 0. The molecular formula is C24H39N5O. The Hall–Kier alpha value is -2.08. The van der Waals surface area contributed by atoms with Gasteiger partial charge in [0.05, 0.1) is 6.54 Å². The summed E-state index contributed by atoms with van der Waals surface area (Å²) in [5, 5.41) is 6.86. The number of guanidine groups is 1. The van der Waals surface area contributed by atoms with Crippen LogP contribution in [0.25, 0.3) is 0 Å². The Morgan fingerprint density at radius 2 is 1.77 bits per heavy atom. The first-order valence-electron chi connectivity index (χ1n) is 11.9. The van der Waals surface area contributed by atoms with Crippen LogP contribution in [0.15, 0.2) is 29.3 Å². The maximum absolute atomic E-state index is 12.0. The smallest absolute Gasteiger partial charge is 0.222 e. The van der Waals surface area contributed by atoms with Crippen LogP contribution in [0.2, 0.25) is 0 Å². The lowest BCUT2D eigenvalue weighted by Crippen LogP contribution is -2.39. The molecule has 2 aliphatic heterocycles. The molecule has 0 bridgehead atoms. The molecule has 166 valence electrons. The summed E-state index contributed by atoms with van der Waals surface area (Å²) in [5.41, 5.74) is 2.40. The highest BCUT2D eigenvalue weighted by atomic mass is 16.2. The van der Waals surface area contributed by atoms with Crippen molar-refractivity contribution < 1.29 is 4.79 Å². The minimum absolute atomic E-state index is 0.271. The van der Waals surface area contributed by atoms with Crippen LogP contribution in [0.5, 0.6) is 0 Å².